The molecule has 1 fully saturated rings. The molecule has 24 heavy (non-hydrogen) atoms. The number of hydrogen-bond acceptors (Lipinski definition) is 4. The normalized spacial score (nSPS) is 16.4. The van der Waals surface area contributed by atoms with E-state index in [0.29, 0.717) is 0 Å². The first-order valence-corrected chi connectivity index (χ1v) is 8.81. The van der Waals surface area contributed by atoms with Gasteiger partial charge in [-0.05, 0) is 42.5 Å². The molecule has 1 aromatic carbocycles. The highest BCUT2D eigenvalue weighted by Gasteiger charge is 2.17. The molecule has 0 radical (unpaired) electrons. The molecule has 2 N–H and O–H groups in total. The van der Waals surface area contributed by atoms with Crippen molar-refractivity contribution in [2.45, 2.75) is 45.5 Å². The van der Waals surface area contributed by atoms with Crippen molar-refractivity contribution in [3.8, 4) is 0 Å². The van der Waals surface area contributed by atoms with Crippen LogP contribution in [0.4, 0.5) is 0 Å². The number of hydrogen-bond donors (Lipinski definition) is 2. The lowest BCUT2D eigenvalue weighted by Crippen LogP contribution is -2.35. The van der Waals surface area contributed by atoms with E-state index in [0.717, 1.165) is 51.3 Å². The summed E-state index contributed by atoms with van der Waals surface area (Å²) in [4.78, 5) is 6.78. The SMILES string of the molecule is Cc1ncccc1CNCc1ccccc1CN1CCC(O)CC1. The van der Waals surface area contributed by atoms with Crippen LogP contribution in [0, 0.1) is 6.92 Å². The maximum atomic E-state index is 9.65. The van der Waals surface area contributed by atoms with E-state index in [9.17, 15) is 5.11 Å². The van der Waals surface area contributed by atoms with E-state index < -0.39 is 0 Å². The molecule has 1 aromatic heterocycles. The number of aliphatic hydroxyl groups excluding tert-OH is 1. The van der Waals surface area contributed by atoms with Crippen LogP contribution in [0.2, 0.25) is 0 Å². The van der Waals surface area contributed by atoms with Crippen LogP contribution in [0.3, 0.4) is 0 Å². The molecule has 1 aliphatic rings. The van der Waals surface area contributed by atoms with E-state index in [1.54, 1.807) is 0 Å². The van der Waals surface area contributed by atoms with Crippen molar-refractivity contribution < 1.29 is 5.11 Å². The molecule has 128 valence electrons. The van der Waals surface area contributed by atoms with Gasteiger partial charge in [-0.15, -0.1) is 0 Å². The molecule has 0 aliphatic carbocycles. The Morgan fingerprint density at radius 1 is 1.04 bits per heavy atom. The molecule has 4 heteroatoms. The molecule has 1 saturated heterocycles. The summed E-state index contributed by atoms with van der Waals surface area (Å²) < 4.78 is 0. The topological polar surface area (TPSA) is 48.4 Å². The zero-order chi connectivity index (χ0) is 16.8. The van der Waals surface area contributed by atoms with Gasteiger partial charge in [-0.3, -0.25) is 9.88 Å². The van der Waals surface area contributed by atoms with Gasteiger partial charge in [0.15, 0.2) is 0 Å². The molecule has 0 unspecified atom stereocenters. The summed E-state index contributed by atoms with van der Waals surface area (Å²) in [5, 5.41) is 13.2. The Kier molecular flexibility index (Phi) is 5.96. The zero-order valence-corrected chi connectivity index (χ0v) is 14.4. The molecular weight excluding hydrogens is 298 g/mol. The first kappa shape index (κ1) is 17.1. The monoisotopic (exact) mass is 325 g/mol. The molecule has 0 saturated carbocycles. The third-order valence-electron chi connectivity index (χ3n) is 4.82. The predicted octanol–water partition coefficient (Wildman–Crippen LogP) is 2.64. The van der Waals surface area contributed by atoms with Gasteiger partial charge in [-0.1, -0.05) is 30.3 Å². The van der Waals surface area contributed by atoms with E-state index in [1.807, 2.05) is 12.3 Å². The number of nitrogens with one attached hydrogen (secondary N) is 1. The molecule has 0 atom stereocenters. The molecular formula is C20H27N3O. The van der Waals surface area contributed by atoms with Crippen LogP contribution in [-0.2, 0) is 19.6 Å². The van der Waals surface area contributed by atoms with E-state index in [1.165, 1.54) is 16.7 Å². The van der Waals surface area contributed by atoms with Crippen molar-refractivity contribution >= 4 is 0 Å². The largest absolute Gasteiger partial charge is 0.393 e. The predicted molar refractivity (Wildman–Crippen MR) is 96.5 cm³/mol. The number of likely N-dealkylation sites (tertiary alicyclic amines) is 1. The van der Waals surface area contributed by atoms with Crippen LogP contribution < -0.4 is 5.32 Å². The zero-order valence-electron chi connectivity index (χ0n) is 14.4. The average Bonchev–Trinajstić information content (AvgIpc) is 2.60. The lowest BCUT2D eigenvalue weighted by atomic mass is 10.0. The number of aliphatic hydroxyl groups is 1. The highest BCUT2D eigenvalue weighted by Crippen LogP contribution is 2.16. The van der Waals surface area contributed by atoms with Crippen molar-refractivity contribution in [1.82, 2.24) is 15.2 Å². The first-order chi connectivity index (χ1) is 11.7. The summed E-state index contributed by atoms with van der Waals surface area (Å²) in [6.45, 7) is 6.69. The summed E-state index contributed by atoms with van der Waals surface area (Å²) in [6, 6.07) is 12.8. The number of benzene rings is 1. The minimum Gasteiger partial charge on any atom is -0.393 e. The van der Waals surface area contributed by atoms with Crippen LogP contribution >= 0.6 is 0 Å². The molecule has 3 rings (SSSR count). The Balaban J connectivity index is 1.57. The van der Waals surface area contributed by atoms with Gasteiger partial charge in [0.2, 0.25) is 0 Å². The Morgan fingerprint density at radius 3 is 2.46 bits per heavy atom. The van der Waals surface area contributed by atoms with E-state index in [4.69, 9.17) is 0 Å². The fourth-order valence-electron chi connectivity index (χ4n) is 3.24. The fourth-order valence-corrected chi connectivity index (χ4v) is 3.24. The Labute approximate surface area is 144 Å². The van der Waals surface area contributed by atoms with Crippen LogP contribution in [0.1, 0.15) is 35.2 Å². The van der Waals surface area contributed by atoms with Gasteiger partial charge < -0.3 is 10.4 Å². The second kappa shape index (κ2) is 8.38. The second-order valence-corrected chi connectivity index (χ2v) is 6.63. The van der Waals surface area contributed by atoms with Crippen LogP contribution in [-0.4, -0.2) is 34.2 Å². The molecule has 2 heterocycles. The highest BCUT2D eigenvalue weighted by molar-refractivity contribution is 5.27. The highest BCUT2D eigenvalue weighted by atomic mass is 16.3. The smallest absolute Gasteiger partial charge is 0.0564 e. The molecule has 0 spiro atoms. The van der Waals surface area contributed by atoms with Crippen LogP contribution in [0.25, 0.3) is 0 Å². The van der Waals surface area contributed by atoms with E-state index in [2.05, 4.69) is 52.5 Å². The van der Waals surface area contributed by atoms with Gasteiger partial charge in [-0.25, -0.2) is 0 Å². The summed E-state index contributed by atoms with van der Waals surface area (Å²) in [6.07, 6.45) is 3.51. The van der Waals surface area contributed by atoms with Crippen LogP contribution in [0.15, 0.2) is 42.6 Å². The summed E-state index contributed by atoms with van der Waals surface area (Å²) in [5.41, 5.74) is 5.07. The Hall–Kier alpha value is -1.75. The number of rotatable bonds is 6. The lowest BCUT2D eigenvalue weighted by Gasteiger charge is -2.30. The Morgan fingerprint density at radius 2 is 1.71 bits per heavy atom. The minimum absolute atomic E-state index is 0.110. The van der Waals surface area contributed by atoms with Gasteiger partial charge in [-0.2, -0.15) is 0 Å². The standard InChI is InChI=1S/C20H27N3O/c1-16-17(7-4-10-22-16)13-21-14-18-5-2-3-6-19(18)15-23-11-8-20(24)9-12-23/h2-7,10,20-21,24H,8-9,11-15H2,1H3. The van der Waals surface area contributed by atoms with E-state index in [-0.39, 0.29) is 6.10 Å². The third kappa shape index (κ3) is 4.63. The number of aryl methyl sites for hydroxylation is 1. The van der Waals surface area contributed by atoms with Crippen molar-refractivity contribution in [2.75, 3.05) is 13.1 Å². The summed E-state index contributed by atoms with van der Waals surface area (Å²) in [5.74, 6) is 0. The molecule has 2 aromatic rings. The van der Waals surface area contributed by atoms with Crippen molar-refractivity contribution in [3.05, 3.63) is 65.0 Å². The van der Waals surface area contributed by atoms with Gasteiger partial charge >= 0.3 is 0 Å². The molecule has 0 bridgehead atoms. The van der Waals surface area contributed by atoms with Crippen molar-refractivity contribution in [3.63, 3.8) is 0 Å². The van der Waals surface area contributed by atoms with Gasteiger partial charge in [0.25, 0.3) is 0 Å². The van der Waals surface area contributed by atoms with Crippen molar-refractivity contribution in [1.29, 1.82) is 0 Å². The van der Waals surface area contributed by atoms with Gasteiger partial charge in [0.05, 0.1) is 6.10 Å². The quantitative estimate of drug-likeness (QED) is 0.857. The maximum absolute atomic E-state index is 9.65. The summed E-state index contributed by atoms with van der Waals surface area (Å²) in [7, 11) is 0. The minimum atomic E-state index is -0.110. The number of piperidine rings is 1. The van der Waals surface area contributed by atoms with Crippen LogP contribution in [0.5, 0.6) is 0 Å². The molecule has 1 aliphatic heterocycles. The molecule has 0 amide bonds. The fraction of sp³-hybridized carbons (Fsp3) is 0.450. The number of aromatic nitrogens is 1. The average molecular weight is 325 g/mol. The second-order valence-electron chi connectivity index (χ2n) is 6.63. The lowest BCUT2D eigenvalue weighted by molar-refractivity contribution is 0.0791. The van der Waals surface area contributed by atoms with Crippen molar-refractivity contribution in [2.24, 2.45) is 0 Å². The third-order valence-corrected chi connectivity index (χ3v) is 4.82. The maximum Gasteiger partial charge on any atom is 0.0564 e. The number of nitrogens with zero attached hydrogens (tertiary/aromatic N) is 2. The van der Waals surface area contributed by atoms with Gasteiger partial charge in [0, 0.05) is 44.6 Å². The van der Waals surface area contributed by atoms with Gasteiger partial charge in [0.1, 0.15) is 0 Å². The number of pyridine rings is 1. The van der Waals surface area contributed by atoms with E-state index >= 15 is 0 Å². The summed E-state index contributed by atoms with van der Waals surface area (Å²) >= 11 is 0. The molecule has 4 nitrogen and oxygen atoms in total. The Bertz CT molecular complexity index is 651. The first-order valence-electron chi connectivity index (χ1n) is 8.81.